The third-order valence-electron chi connectivity index (χ3n) is 7.67. The van der Waals surface area contributed by atoms with Crippen molar-refractivity contribution < 1.29 is 19.1 Å². The van der Waals surface area contributed by atoms with E-state index in [1.807, 2.05) is 36.4 Å². The molecule has 9 heteroatoms. The molecule has 41 heavy (non-hydrogen) atoms. The van der Waals surface area contributed by atoms with Crippen molar-refractivity contribution in [2.75, 3.05) is 56.2 Å². The van der Waals surface area contributed by atoms with Crippen molar-refractivity contribution >= 4 is 46.6 Å². The van der Waals surface area contributed by atoms with Crippen LogP contribution in [-0.4, -0.2) is 69.3 Å². The van der Waals surface area contributed by atoms with Gasteiger partial charge in [-0.25, -0.2) is 0 Å². The van der Waals surface area contributed by atoms with Crippen molar-refractivity contribution in [3.05, 3.63) is 82.9 Å². The van der Waals surface area contributed by atoms with Crippen LogP contribution in [0.1, 0.15) is 29.7 Å². The maximum Gasteiger partial charge on any atom is 0.303 e. The van der Waals surface area contributed by atoms with Crippen molar-refractivity contribution in [1.82, 2.24) is 4.90 Å². The first-order chi connectivity index (χ1) is 19.8. The summed E-state index contributed by atoms with van der Waals surface area (Å²) >= 11 is 7.91. The summed E-state index contributed by atoms with van der Waals surface area (Å²) < 4.78 is 11.0. The van der Waals surface area contributed by atoms with Crippen LogP contribution in [0.25, 0.3) is 0 Å². The molecule has 2 atom stereocenters. The number of nitrogens with zero attached hydrogens (tertiary/aromatic N) is 3. The number of methoxy groups -OCH3 is 1. The minimum atomic E-state index is -0.977. The van der Waals surface area contributed by atoms with E-state index in [1.165, 1.54) is 29.9 Å². The number of thioether (sulfide) groups is 1. The highest BCUT2D eigenvalue weighted by molar-refractivity contribution is 7.99. The van der Waals surface area contributed by atoms with Gasteiger partial charge in [0, 0.05) is 55.3 Å². The molecule has 2 heterocycles. The summed E-state index contributed by atoms with van der Waals surface area (Å²) in [4.78, 5) is 33.9. The molecule has 0 spiro atoms. The van der Waals surface area contributed by atoms with E-state index in [-0.39, 0.29) is 5.91 Å². The fourth-order valence-corrected chi connectivity index (χ4v) is 7.14. The first kappa shape index (κ1) is 29.3. The molecule has 0 saturated carbocycles. The van der Waals surface area contributed by atoms with Crippen molar-refractivity contribution in [2.45, 2.75) is 36.5 Å². The Kier molecular flexibility index (Phi) is 9.42. The van der Waals surface area contributed by atoms with Crippen LogP contribution in [0.2, 0.25) is 5.02 Å². The Morgan fingerprint density at radius 2 is 1.71 bits per heavy atom. The standard InChI is InChI=1S/C32H36ClN3O4S/c1-22-7-4-5-8-27(22)35-19-17-34(18-20-35)15-6-16-36-28-14-11-25(33)21-29(28)41-31(30(32(36)38)40-23(2)37)24-9-12-26(39-3)13-10-24/h4-5,7-14,21,30-31H,6,15-20H2,1-3H3/t30-,31+/m1/s1. The van der Waals surface area contributed by atoms with E-state index in [1.54, 1.807) is 18.1 Å². The Morgan fingerprint density at radius 3 is 2.39 bits per heavy atom. The van der Waals surface area contributed by atoms with Crippen LogP contribution >= 0.6 is 23.4 Å². The Labute approximate surface area is 251 Å². The number of fused-ring (bicyclic) bond motifs is 1. The van der Waals surface area contributed by atoms with Crippen LogP contribution in [0.15, 0.2) is 71.6 Å². The van der Waals surface area contributed by atoms with Gasteiger partial charge in [0.1, 0.15) is 5.75 Å². The summed E-state index contributed by atoms with van der Waals surface area (Å²) in [7, 11) is 1.61. The first-order valence-corrected chi connectivity index (χ1v) is 15.2. The molecular weight excluding hydrogens is 558 g/mol. The molecule has 1 saturated heterocycles. The maximum atomic E-state index is 14.1. The Hall–Kier alpha value is -3.20. The number of hydrogen-bond donors (Lipinski definition) is 0. The number of halogens is 1. The molecule has 3 aromatic rings. The lowest BCUT2D eigenvalue weighted by atomic mass is 10.1. The van der Waals surface area contributed by atoms with E-state index >= 15 is 0 Å². The Bertz CT molecular complexity index is 1380. The summed E-state index contributed by atoms with van der Waals surface area (Å²) in [5, 5.41) is 0.156. The Morgan fingerprint density at radius 1 is 0.976 bits per heavy atom. The number of piperazine rings is 1. The molecule has 0 aliphatic carbocycles. The number of hydrogen-bond acceptors (Lipinski definition) is 7. The van der Waals surface area contributed by atoms with Gasteiger partial charge >= 0.3 is 5.97 Å². The monoisotopic (exact) mass is 593 g/mol. The fraction of sp³-hybridized carbons (Fsp3) is 0.375. The van der Waals surface area contributed by atoms with Crippen molar-refractivity contribution in [3.63, 3.8) is 0 Å². The second kappa shape index (κ2) is 13.2. The lowest BCUT2D eigenvalue weighted by Gasteiger charge is -2.37. The molecule has 3 aromatic carbocycles. The zero-order valence-electron chi connectivity index (χ0n) is 23.7. The van der Waals surface area contributed by atoms with Gasteiger partial charge in [-0.1, -0.05) is 41.9 Å². The van der Waals surface area contributed by atoms with Gasteiger partial charge in [-0.15, -0.1) is 11.8 Å². The number of aryl methyl sites for hydroxylation is 1. The van der Waals surface area contributed by atoms with Crippen LogP contribution in [0, 0.1) is 6.92 Å². The molecule has 2 aliphatic heterocycles. The third kappa shape index (κ3) is 6.83. The van der Waals surface area contributed by atoms with Crippen molar-refractivity contribution in [3.8, 4) is 5.75 Å². The minimum Gasteiger partial charge on any atom is -0.497 e. The highest BCUT2D eigenvalue weighted by Crippen LogP contribution is 2.47. The summed E-state index contributed by atoms with van der Waals surface area (Å²) in [5.41, 5.74) is 4.27. The summed E-state index contributed by atoms with van der Waals surface area (Å²) in [6.45, 7) is 8.79. The molecule has 5 rings (SSSR count). The molecule has 2 aliphatic rings. The normalized spacial score (nSPS) is 19.5. The van der Waals surface area contributed by atoms with Crippen LogP contribution < -0.4 is 14.5 Å². The number of esters is 1. The van der Waals surface area contributed by atoms with Gasteiger partial charge < -0.3 is 19.3 Å². The SMILES string of the molecule is COc1ccc([C@@H]2Sc3cc(Cl)ccc3N(CCCN3CCN(c4ccccc4C)CC3)C(=O)[C@@H]2OC(C)=O)cc1. The summed E-state index contributed by atoms with van der Waals surface area (Å²) in [6, 6.07) is 21.6. The van der Waals surface area contributed by atoms with Crippen LogP contribution in [0.5, 0.6) is 5.75 Å². The van der Waals surface area contributed by atoms with E-state index in [0.29, 0.717) is 17.3 Å². The van der Waals surface area contributed by atoms with Gasteiger partial charge in [0.05, 0.1) is 18.0 Å². The zero-order valence-corrected chi connectivity index (χ0v) is 25.3. The number of benzene rings is 3. The molecule has 1 amide bonds. The molecule has 0 radical (unpaired) electrons. The fourth-order valence-electron chi connectivity index (χ4n) is 5.55. The lowest BCUT2D eigenvalue weighted by Crippen LogP contribution is -2.48. The smallest absolute Gasteiger partial charge is 0.303 e. The van der Waals surface area contributed by atoms with E-state index in [9.17, 15) is 9.59 Å². The number of carbonyl (C=O) groups is 2. The predicted octanol–water partition coefficient (Wildman–Crippen LogP) is 5.98. The van der Waals surface area contributed by atoms with Crippen LogP contribution in [0.3, 0.4) is 0 Å². The molecule has 0 N–H and O–H groups in total. The first-order valence-electron chi connectivity index (χ1n) is 14.0. The maximum absolute atomic E-state index is 14.1. The minimum absolute atomic E-state index is 0.223. The number of rotatable bonds is 8. The number of amides is 1. The molecule has 0 unspecified atom stereocenters. The molecule has 0 aromatic heterocycles. The molecule has 0 bridgehead atoms. The number of carbonyl (C=O) groups excluding carboxylic acids is 2. The zero-order chi connectivity index (χ0) is 28.9. The van der Waals surface area contributed by atoms with Gasteiger partial charge in [0.2, 0.25) is 0 Å². The third-order valence-corrected chi connectivity index (χ3v) is 9.26. The molecule has 216 valence electrons. The lowest BCUT2D eigenvalue weighted by molar-refractivity contribution is -0.152. The summed E-state index contributed by atoms with van der Waals surface area (Å²) in [5.74, 6) is 0.00410. The average Bonchev–Trinajstić information content (AvgIpc) is 3.08. The molecule has 7 nitrogen and oxygen atoms in total. The molecular formula is C32H36ClN3O4S. The summed E-state index contributed by atoms with van der Waals surface area (Å²) in [6.07, 6.45) is -0.183. The second-order valence-corrected chi connectivity index (χ2v) is 12.0. The van der Waals surface area contributed by atoms with E-state index in [4.69, 9.17) is 21.1 Å². The predicted molar refractivity (Wildman–Crippen MR) is 165 cm³/mol. The number of ether oxygens (including phenoxy) is 2. The second-order valence-electron chi connectivity index (χ2n) is 10.4. The highest BCUT2D eigenvalue weighted by Gasteiger charge is 2.41. The van der Waals surface area contributed by atoms with E-state index < -0.39 is 17.3 Å². The molecule has 1 fully saturated rings. The van der Waals surface area contributed by atoms with Crippen molar-refractivity contribution in [2.24, 2.45) is 0 Å². The van der Waals surface area contributed by atoms with Gasteiger partial charge in [-0.05, 0) is 67.4 Å². The quantitative estimate of drug-likeness (QED) is 0.298. The van der Waals surface area contributed by atoms with Gasteiger partial charge in [-0.2, -0.15) is 0 Å². The highest BCUT2D eigenvalue weighted by atomic mass is 35.5. The van der Waals surface area contributed by atoms with E-state index in [0.717, 1.165) is 55.3 Å². The topological polar surface area (TPSA) is 62.3 Å². The van der Waals surface area contributed by atoms with Gasteiger partial charge in [0.15, 0.2) is 6.10 Å². The van der Waals surface area contributed by atoms with Crippen molar-refractivity contribution in [1.29, 1.82) is 0 Å². The number of para-hydroxylation sites is 1. The van der Waals surface area contributed by atoms with Gasteiger partial charge in [0.25, 0.3) is 5.91 Å². The van der Waals surface area contributed by atoms with Gasteiger partial charge in [-0.3, -0.25) is 14.5 Å². The average molecular weight is 594 g/mol. The number of anilines is 2. The largest absolute Gasteiger partial charge is 0.497 e. The van der Waals surface area contributed by atoms with E-state index in [2.05, 4.69) is 41.0 Å². The van der Waals surface area contributed by atoms with Crippen LogP contribution in [-0.2, 0) is 14.3 Å². The van der Waals surface area contributed by atoms with Crippen LogP contribution in [0.4, 0.5) is 11.4 Å². The Balaban J connectivity index is 1.32.